The lowest BCUT2D eigenvalue weighted by Gasteiger charge is -2.27. The second-order valence-corrected chi connectivity index (χ2v) is 5.62. The standard InChI is InChI=1S/C14H17N3S/c1-2-6-14(7-3-1)18-11-13-5-4-9-17(13)16-10-8-15-12-16/h1-3,6-8,10,12-13H,4-5,9,11H2/t13-/m0/s1. The average molecular weight is 259 g/mol. The van der Waals surface area contributed by atoms with Crippen molar-refractivity contribution in [2.24, 2.45) is 0 Å². The molecule has 4 heteroatoms. The molecule has 0 saturated carbocycles. The summed E-state index contributed by atoms with van der Waals surface area (Å²) < 4.78 is 2.13. The van der Waals surface area contributed by atoms with E-state index >= 15 is 0 Å². The molecule has 0 amide bonds. The average Bonchev–Trinajstić information content (AvgIpc) is 3.08. The summed E-state index contributed by atoms with van der Waals surface area (Å²) in [5, 5.41) is 2.42. The normalized spacial score (nSPS) is 19.3. The zero-order valence-electron chi connectivity index (χ0n) is 10.3. The van der Waals surface area contributed by atoms with Gasteiger partial charge in [0.1, 0.15) is 6.33 Å². The lowest BCUT2D eigenvalue weighted by atomic mass is 10.2. The molecule has 0 bridgehead atoms. The van der Waals surface area contributed by atoms with Crippen LogP contribution in [0.5, 0.6) is 0 Å². The van der Waals surface area contributed by atoms with Gasteiger partial charge in [0.05, 0.1) is 6.04 Å². The molecular formula is C14H17N3S. The maximum Gasteiger partial charge on any atom is 0.114 e. The van der Waals surface area contributed by atoms with Crippen molar-refractivity contribution in [3.05, 3.63) is 49.1 Å². The van der Waals surface area contributed by atoms with Crippen LogP contribution in [0.2, 0.25) is 0 Å². The lowest BCUT2D eigenvalue weighted by molar-refractivity contribution is 0.576. The maximum atomic E-state index is 4.13. The molecule has 0 radical (unpaired) electrons. The largest absolute Gasteiger partial charge is 0.308 e. The summed E-state index contributed by atoms with van der Waals surface area (Å²) in [6.45, 7) is 1.14. The van der Waals surface area contributed by atoms with Crippen LogP contribution in [-0.2, 0) is 0 Å². The summed E-state index contributed by atoms with van der Waals surface area (Å²) in [6, 6.07) is 11.2. The molecule has 3 rings (SSSR count). The molecule has 0 unspecified atom stereocenters. The van der Waals surface area contributed by atoms with Crippen LogP contribution >= 0.6 is 11.8 Å². The number of rotatable bonds is 4. The van der Waals surface area contributed by atoms with Crippen LogP contribution in [0, 0.1) is 0 Å². The van der Waals surface area contributed by atoms with Crippen molar-refractivity contribution in [1.82, 2.24) is 9.66 Å². The number of imidazole rings is 1. The lowest BCUT2D eigenvalue weighted by Crippen LogP contribution is -2.39. The van der Waals surface area contributed by atoms with Gasteiger partial charge >= 0.3 is 0 Å². The van der Waals surface area contributed by atoms with Gasteiger partial charge in [0.2, 0.25) is 0 Å². The summed E-state index contributed by atoms with van der Waals surface area (Å²) in [6.07, 6.45) is 8.33. The van der Waals surface area contributed by atoms with Crippen LogP contribution < -0.4 is 5.01 Å². The first-order valence-corrected chi connectivity index (χ1v) is 7.35. The Morgan fingerprint density at radius 2 is 2.17 bits per heavy atom. The molecule has 1 aromatic heterocycles. The van der Waals surface area contributed by atoms with Crippen LogP contribution in [0.4, 0.5) is 0 Å². The molecule has 0 N–H and O–H groups in total. The van der Waals surface area contributed by atoms with E-state index in [1.807, 2.05) is 30.5 Å². The number of hydrogen-bond acceptors (Lipinski definition) is 3. The van der Waals surface area contributed by atoms with Crippen LogP contribution in [0.1, 0.15) is 12.8 Å². The van der Waals surface area contributed by atoms with E-state index in [2.05, 4.69) is 45.0 Å². The number of aromatic nitrogens is 2. The van der Waals surface area contributed by atoms with E-state index in [1.54, 1.807) is 0 Å². The van der Waals surface area contributed by atoms with Crippen molar-refractivity contribution in [3.63, 3.8) is 0 Å². The number of hydrogen-bond donors (Lipinski definition) is 0. The molecule has 1 aromatic carbocycles. The van der Waals surface area contributed by atoms with Crippen LogP contribution in [0.3, 0.4) is 0 Å². The topological polar surface area (TPSA) is 21.1 Å². The van der Waals surface area contributed by atoms with E-state index in [0.29, 0.717) is 6.04 Å². The fraction of sp³-hybridized carbons (Fsp3) is 0.357. The van der Waals surface area contributed by atoms with E-state index in [0.717, 1.165) is 12.3 Å². The van der Waals surface area contributed by atoms with E-state index < -0.39 is 0 Å². The van der Waals surface area contributed by atoms with Crippen molar-refractivity contribution < 1.29 is 0 Å². The Morgan fingerprint density at radius 3 is 2.94 bits per heavy atom. The molecular weight excluding hydrogens is 242 g/mol. The Labute approximate surface area is 112 Å². The molecule has 18 heavy (non-hydrogen) atoms. The fourth-order valence-electron chi connectivity index (χ4n) is 2.41. The molecule has 1 atom stereocenters. The van der Waals surface area contributed by atoms with E-state index in [4.69, 9.17) is 0 Å². The Bertz CT molecular complexity index is 469. The first-order chi connectivity index (χ1) is 8.93. The summed E-state index contributed by atoms with van der Waals surface area (Å²) in [5.41, 5.74) is 0. The molecule has 1 saturated heterocycles. The molecule has 1 aliphatic heterocycles. The van der Waals surface area contributed by atoms with Crippen LogP contribution in [0.25, 0.3) is 0 Å². The van der Waals surface area contributed by atoms with E-state index in [1.165, 1.54) is 17.7 Å². The van der Waals surface area contributed by atoms with Gasteiger partial charge in [-0.05, 0) is 25.0 Å². The molecule has 94 valence electrons. The summed E-state index contributed by atoms with van der Waals surface area (Å²) in [7, 11) is 0. The van der Waals surface area contributed by atoms with Crippen molar-refractivity contribution in [3.8, 4) is 0 Å². The van der Waals surface area contributed by atoms with Gasteiger partial charge in [-0.25, -0.2) is 4.98 Å². The monoisotopic (exact) mass is 259 g/mol. The minimum atomic E-state index is 0.615. The first-order valence-electron chi connectivity index (χ1n) is 6.36. The number of thioether (sulfide) groups is 1. The predicted octanol–water partition coefficient (Wildman–Crippen LogP) is 2.78. The molecule has 0 aliphatic carbocycles. The van der Waals surface area contributed by atoms with Gasteiger partial charge in [0, 0.05) is 29.6 Å². The zero-order valence-corrected chi connectivity index (χ0v) is 11.1. The Morgan fingerprint density at radius 1 is 1.28 bits per heavy atom. The van der Waals surface area contributed by atoms with Crippen molar-refractivity contribution in [2.75, 3.05) is 17.3 Å². The highest BCUT2D eigenvalue weighted by Gasteiger charge is 2.24. The Kier molecular flexibility index (Phi) is 3.55. The Hall–Kier alpha value is -1.42. The second-order valence-electron chi connectivity index (χ2n) is 4.53. The first kappa shape index (κ1) is 11.7. The SMILES string of the molecule is c1ccc(SC[C@@H]2CCCN2n2ccnc2)cc1. The van der Waals surface area contributed by atoms with Gasteiger partial charge in [-0.15, -0.1) is 11.8 Å². The quantitative estimate of drug-likeness (QED) is 0.788. The minimum absolute atomic E-state index is 0.615. The molecule has 0 spiro atoms. The fourth-order valence-corrected chi connectivity index (χ4v) is 3.48. The summed E-state index contributed by atoms with van der Waals surface area (Å²) in [5.74, 6) is 1.14. The predicted molar refractivity (Wildman–Crippen MR) is 75.5 cm³/mol. The highest BCUT2D eigenvalue weighted by Crippen LogP contribution is 2.24. The molecule has 1 fully saturated rings. The third-order valence-electron chi connectivity index (χ3n) is 3.32. The zero-order chi connectivity index (χ0) is 12.2. The highest BCUT2D eigenvalue weighted by atomic mass is 32.2. The van der Waals surface area contributed by atoms with Crippen molar-refractivity contribution in [2.45, 2.75) is 23.8 Å². The number of nitrogens with zero attached hydrogens (tertiary/aromatic N) is 3. The third-order valence-corrected chi connectivity index (χ3v) is 4.48. The Balaban J connectivity index is 1.62. The van der Waals surface area contributed by atoms with E-state index in [9.17, 15) is 0 Å². The molecule has 2 aromatic rings. The van der Waals surface area contributed by atoms with E-state index in [-0.39, 0.29) is 0 Å². The summed E-state index contributed by atoms with van der Waals surface area (Å²) >= 11 is 1.94. The molecule has 1 aliphatic rings. The van der Waals surface area contributed by atoms with Gasteiger partial charge in [-0.2, -0.15) is 0 Å². The van der Waals surface area contributed by atoms with Gasteiger partial charge in [-0.1, -0.05) is 18.2 Å². The summed E-state index contributed by atoms with van der Waals surface area (Å²) in [4.78, 5) is 5.49. The highest BCUT2D eigenvalue weighted by molar-refractivity contribution is 7.99. The van der Waals surface area contributed by atoms with Crippen LogP contribution in [0.15, 0.2) is 53.9 Å². The van der Waals surface area contributed by atoms with Crippen molar-refractivity contribution >= 4 is 11.8 Å². The van der Waals surface area contributed by atoms with Gasteiger partial charge in [0.25, 0.3) is 0 Å². The molecule has 2 heterocycles. The third kappa shape index (κ3) is 2.53. The molecule has 3 nitrogen and oxygen atoms in total. The van der Waals surface area contributed by atoms with Crippen molar-refractivity contribution in [1.29, 1.82) is 0 Å². The minimum Gasteiger partial charge on any atom is -0.308 e. The second kappa shape index (κ2) is 5.48. The van der Waals surface area contributed by atoms with Gasteiger partial charge in [0.15, 0.2) is 0 Å². The van der Waals surface area contributed by atoms with Crippen LogP contribution in [-0.4, -0.2) is 28.0 Å². The van der Waals surface area contributed by atoms with Gasteiger partial charge in [-0.3, -0.25) is 4.68 Å². The smallest absolute Gasteiger partial charge is 0.114 e. The maximum absolute atomic E-state index is 4.13. The number of benzene rings is 1. The van der Waals surface area contributed by atoms with Gasteiger partial charge < -0.3 is 5.01 Å².